The molecule has 1 N–H and O–H groups in total. The first kappa shape index (κ1) is 17.4. The maximum Gasteiger partial charge on any atom is 0.410 e. The molecule has 2 aliphatic heterocycles. The molecule has 2 fully saturated rings. The van der Waals surface area contributed by atoms with Gasteiger partial charge in [-0.1, -0.05) is 0 Å². The van der Waals surface area contributed by atoms with Crippen LogP contribution in [0.15, 0.2) is 0 Å². The van der Waals surface area contributed by atoms with Crippen LogP contribution < -0.4 is 0 Å². The number of rotatable bonds is 4. The van der Waals surface area contributed by atoms with Gasteiger partial charge in [0.15, 0.2) is 0 Å². The van der Waals surface area contributed by atoms with Crippen LogP contribution in [0.2, 0.25) is 0 Å². The van der Waals surface area contributed by atoms with Gasteiger partial charge in [-0.3, -0.25) is 4.79 Å². The third-order valence-electron chi connectivity index (χ3n) is 3.90. The lowest BCUT2D eigenvalue weighted by molar-refractivity contribution is -0.137. The molecule has 8 heteroatoms. The number of fused-ring (bicyclic) bond motifs is 1. The number of amides is 3. The van der Waals surface area contributed by atoms with Gasteiger partial charge in [0.2, 0.25) is 0 Å². The molecule has 0 spiro atoms. The lowest BCUT2D eigenvalue weighted by Crippen LogP contribution is -2.54. The Balaban J connectivity index is 1.88. The fourth-order valence-electron chi connectivity index (χ4n) is 2.88. The van der Waals surface area contributed by atoms with E-state index in [2.05, 4.69) is 0 Å². The van der Waals surface area contributed by atoms with Crippen molar-refractivity contribution in [2.24, 2.45) is 0 Å². The summed E-state index contributed by atoms with van der Waals surface area (Å²) >= 11 is 0. The van der Waals surface area contributed by atoms with E-state index in [1.807, 2.05) is 20.8 Å². The van der Waals surface area contributed by atoms with Crippen LogP contribution in [0.25, 0.3) is 0 Å². The Kier molecular flexibility index (Phi) is 5.01. The summed E-state index contributed by atoms with van der Waals surface area (Å²) in [5, 5.41) is 8.68. The van der Waals surface area contributed by atoms with Gasteiger partial charge < -0.3 is 24.5 Å². The number of urea groups is 1. The van der Waals surface area contributed by atoms with E-state index in [0.717, 1.165) is 0 Å². The quantitative estimate of drug-likeness (QED) is 0.838. The van der Waals surface area contributed by atoms with E-state index in [1.54, 1.807) is 14.7 Å². The highest BCUT2D eigenvalue weighted by Gasteiger charge is 2.42. The summed E-state index contributed by atoms with van der Waals surface area (Å²) in [5.74, 6) is -0.856. The predicted octanol–water partition coefficient (Wildman–Crippen LogP) is 1.21. The second-order valence-corrected chi connectivity index (χ2v) is 7.00. The van der Waals surface area contributed by atoms with E-state index in [1.165, 1.54) is 0 Å². The average molecular weight is 327 g/mol. The minimum atomic E-state index is -0.856. The molecule has 0 radical (unpaired) electrons. The van der Waals surface area contributed by atoms with E-state index in [9.17, 15) is 14.4 Å². The standard InChI is InChI=1S/C15H25N3O5/c1-15(2,3)23-14(22)17-7-8-18-11(10-17)9-16(13(18)21)6-4-5-12(19)20/h11H,4-10H2,1-3H3,(H,19,20)/t11-/m1/s1. The molecular weight excluding hydrogens is 302 g/mol. The molecule has 2 aliphatic rings. The molecule has 1 atom stereocenters. The summed E-state index contributed by atoms with van der Waals surface area (Å²) in [6.45, 7) is 7.83. The normalized spacial score (nSPS) is 21.4. The lowest BCUT2D eigenvalue weighted by Gasteiger charge is -2.37. The van der Waals surface area contributed by atoms with Crippen molar-refractivity contribution in [2.45, 2.75) is 45.3 Å². The summed E-state index contributed by atoms with van der Waals surface area (Å²) in [6.07, 6.45) is 0.143. The summed E-state index contributed by atoms with van der Waals surface area (Å²) < 4.78 is 5.38. The van der Waals surface area contributed by atoms with Crippen molar-refractivity contribution in [1.29, 1.82) is 0 Å². The highest BCUT2D eigenvalue weighted by atomic mass is 16.6. The zero-order valence-corrected chi connectivity index (χ0v) is 13.9. The zero-order chi connectivity index (χ0) is 17.2. The Morgan fingerprint density at radius 2 is 1.96 bits per heavy atom. The largest absolute Gasteiger partial charge is 0.481 e. The fourth-order valence-corrected chi connectivity index (χ4v) is 2.88. The van der Waals surface area contributed by atoms with Crippen molar-refractivity contribution in [3.63, 3.8) is 0 Å². The van der Waals surface area contributed by atoms with Crippen LogP contribution in [-0.2, 0) is 9.53 Å². The van der Waals surface area contributed by atoms with Crippen molar-refractivity contribution >= 4 is 18.1 Å². The monoisotopic (exact) mass is 327 g/mol. The number of carbonyl (C=O) groups excluding carboxylic acids is 2. The number of carbonyl (C=O) groups is 3. The first-order chi connectivity index (χ1) is 10.7. The van der Waals surface area contributed by atoms with Gasteiger partial charge in [0.25, 0.3) is 0 Å². The van der Waals surface area contributed by atoms with Gasteiger partial charge in [0.05, 0.1) is 6.04 Å². The first-order valence-corrected chi connectivity index (χ1v) is 7.92. The highest BCUT2D eigenvalue weighted by molar-refractivity contribution is 5.78. The molecule has 2 saturated heterocycles. The van der Waals surface area contributed by atoms with Gasteiger partial charge in [-0.05, 0) is 27.2 Å². The van der Waals surface area contributed by atoms with E-state index < -0.39 is 11.6 Å². The summed E-state index contributed by atoms with van der Waals surface area (Å²) in [6, 6.07) is -0.113. The van der Waals surface area contributed by atoms with Gasteiger partial charge in [-0.2, -0.15) is 0 Å². The number of carboxylic acids is 1. The average Bonchev–Trinajstić information content (AvgIpc) is 2.73. The van der Waals surface area contributed by atoms with Gasteiger partial charge in [-0.15, -0.1) is 0 Å². The summed E-state index contributed by atoms with van der Waals surface area (Å²) in [5.41, 5.74) is -0.539. The molecule has 0 aromatic heterocycles. The smallest absolute Gasteiger partial charge is 0.410 e. The molecule has 0 saturated carbocycles. The maximum absolute atomic E-state index is 12.3. The van der Waals surface area contributed by atoms with Gasteiger partial charge in [-0.25, -0.2) is 9.59 Å². The zero-order valence-electron chi connectivity index (χ0n) is 13.9. The van der Waals surface area contributed by atoms with E-state index in [4.69, 9.17) is 9.84 Å². The number of ether oxygens (including phenoxy) is 1. The Hall–Kier alpha value is -1.99. The molecule has 130 valence electrons. The molecule has 2 rings (SSSR count). The Labute approximate surface area is 136 Å². The SMILES string of the molecule is CC(C)(C)OC(=O)N1CCN2C(=O)N(CCCC(=O)O)C[C@@H]2C1. The van der Waals surface area contributed by atoms with Gasteiger partial charge in [0, 0.05) is 39.1 Å². The van der Waals surface area contributed by atoms with Crippen LogP contribution >= 0.6 is 0 Å². The van der Waals surface area contributed by atoms with Crippen LogP contribution in [0.4, 0.5) is 9.59 Å². The van der Waals surface area contributed by atoms with Crippen LogP contribution in [0.1, 0.15) is 33.6 Å². The third-order valence-corrected chi connectivity index (χ3v) is 3.90. The van der Waals surface area contributed by atoms with Gasteiger partial charge in [0.1, 0.15) is 5.60 Å². The second-order valence-electron chi connectivity index (χ2n) is 7.00. The molecule has 0 bridgehead atoms. The summed E-state index contributed by atoms with van der Waals surface area (Å²) in [7, 11) is 0. The number of aliphatic carboxylic acids is 1. The topological polar surface area (TPSA) is 90.4 Å². The molecule has 0 aromatic rings. The second kappa shape index (κ2) is 6.64. The Morgan fingerprint density at radius 1 is 1.26 bits per heavy atom. The molecular formula is C15H25N3O5. The van der Waals surface area contributed by atoms with Crippen LogP contribution in [0.5, 0.6) is 0 Å². The van der Waals surface area contributed by atoms with Crippen molar-refractivity contribution in [1.82, 2.24) is 14.7 Å². The molecule has 2 heterocycles. The number of hydrogen-bond donors (Lipinski definition) is 1. The van der Waals surface area contributed by atoms with Gasteiger partial charge >= 0.3 is 18.1 Å². The van der Waals surface area contributed by atoms with Crippen LogP contribution in [0.3, 0.4) is 0 Å². The minimum absolute atomic E-state index is 0.0476. The molecule has 0 aliphatic carbocycles. The van der Waals surface area contributed by atoms with E-state index in [0.29, 0.717) is 39.1 Å². The van der Waals surface area contributed by atoms with Crippen LogP contribution in [-0.4, -0.2) is 82.3 Å². The van der Waals surface area contributed by atoms with E-state index >= 15 is 0 Å². The molecule has 3 amide bonds. The fraction of sp³-hybridized carbons (Fsp3) is 0.800. The Bertz CT molecular complexity index is 488. The van der Waals surface area contributed by atoms with Crippen molar-refractivity contribution in [3.05, 3.63) is 0 Å². The molecule has 8 nitrogen and oxygen atoms in total. The number of piperazine rings is 1. The maximum atomic E-state index is 12.3. The van der Waals surface area contributed by atoms with Crippen molar-refractivity contribution in [3.8, 4) is 0 Å². The summed E-state index contributed by atoms with van der Waals surface area (Å²) in [4.78, 5) is 40.1. The number of carboxylic acid groups (broad SMARTS) is 1. The highest BCUT2D eigenvalue weighted by Crippen LogP contribution is 2.22. The van der Waals surface area contributed by atoms with Crippen molar-refractivity contribution in [2.75, 3.05) is 32.7 Å². The minimum Gasteiger partial charge on any atom is -0.481 e. The molecule has 23 heavy (non-hydrogen) atoms. The van der Waals surface area contributed by atoms with E-state index in [-0.39, 0.29) is 24.6 Å². The third kappa shape index (κ3) is 4.49. The number of nitrogens with zero attached hydrogens (tertiary/aromatic N) is 3. The Morgan fingerprint density at radius 3 is 2.57 bits per heavy atom. The van der Waals surface area contributed by atoms with Crippen LogP contribution in [0, 0.1) is 0 Å². The number of hydrogen-bond acceptors (Lipinski definition) is 4. The first-order valence-electron chi connectivity index (χ1n) is 7.92. The predicted molar refractivity (Wildman–Crippen MR) is 82.1 cm³/mol. The van der Waals surface area contributed by atoms with Crippen molar-refractivity contribution < 1.29 is 24.2 Å². The lowest BCUT2D eigenvalue weighted by atomic mass is 10.2. The molecule has 0 aromatic carbocycles. The molecule has 0 unspecified atom stereocenters.